The van der Waals surface area contributed by atoms with E-state index in [9.17, 15) is 14.4 Å². The first kappa shape index (κ1) is 19.8. The van der Waals surface area contributed by atoms with Gasteiger partial charge in [0.05, 0.1) is 24.7 Å². The lowest BCUT2D eigenvalue weighted by molar-refractivity contribution is -0.143. The number of rotatable bonds is 7. The highest BCUT2D eigenvalue weighted by Gasteiger charge is 2.27. The Morgan fingerprint density at radius 2 is 2.00 bits per heavy atom. The molecular formula is C20H20N2O5S. The molecular weight excluding hydrogens is 380 g/mol. The highest BCUT2D eigenvalue weighted by Crippen LogP contribution is 2.24. The summed E-state index contributed by atoms with van der Waals surface area (Å²) in [6.45, 7) is 2.28. The fourth-order valence-corrected chi connectivity index (χ4v) is 3.69. The van der Waals surface area contributed by atoms with E-state index in [4.69, 9.17) is 9.47 Å². The number of nitrogens with zero attached hydrogens (tertiary/aromatic N) is 2. The number of carbonyl (C=O) groups is 2. The Balaban J connectivity index is 2.10. The molecule has 3 rings (SSSR count). The van der Waals surface area contributed by atoms with Crippen molar-refractivity contribution in [2.45, 2.75) is 25.8 Å². The number of thiophene rings is 1. The van der Waals surface area contributed by atoms with Crippen LogP contribution in [0.5, 0.6) is 0 Å². The fraction of sp³-hybridized carbons (Fsp3) is 0.300. The molecule has 0 spiro atoms. The third-order valence-electron chi connectivity index (χ3n) is 4.29. The summed E-state index contributed by atoms with van der Waals surface area (Å²) in [5, 5.41) is 1.71. The van der Waals surface area contributed by atoms with Gasteiger partial charge in [-0.2, -0.15) is 0 Å². The van der Waals surface area contributed by atoms with Gasteiger partial charge in [-0.05, 0) is 12.0 Å². The zero-order valence-electron chi connectivity index (χ0n) is 15.6. The van der Waals surface area contributed by atoms with Gasteiger partial charge >= 0.3 is 11.9 Å². The largest absolute Gasteiger partial charge is 0.467 e. The van der Waals surface area contributed by atoms with Crippen molar-refractivity contribution in [3.8, 4) is 0 Å². The van der Waals surface area contributed by atoms with Crippen molar-refractivity contribution >= 4 is 33.5 Å². The van der Waals surface area contributed by atoms with E-state index >= 15 is 0 Å². The summed E-state index contributed by atoms with van der Waals surface area (Å²) in [5.41, 5.74) is 0.257. The topological polar surface area (TPSA) is 87.5 Å². The molecule has 0 radical (unpaired) electrons. The molecule has 1 unspecified atom stereocenters. The molecule has 0 aliphatic carbocycles. The molecule has 0 aliphatic heterocycles. The van der Waals surface area contributed by atoms with Gasteiger partial charge in [0.15, 0.2) is 6.04 Å². The minimum absolute atomic E-state index is 0.152. The molecule has 28 heavy (non-hydrogen) atoms. The monoisotopic (exact) mass is 400 g/mol. The van der Waals surface area contributed by atoms with Crippen molar-refractivity contribution in [2.24, 2.45) is 0 Å². The van der Waals surface area contributed by atoms with E-state index < -0.39 is 23.5 Å². The van der Waals surface area contributed by atoms with Crippen LogP contribution in [-0.2, 0) is 14.3 Å². The molecule has 0 bridgehead atoms. The second-order valence-electron chi connectivity index (χ2n) is 6.11. The van der Waals surface area contributed by atoms with E-state index in [2.05, 4.69) is 4.98 Å². The molecule has 0 amide bonds. The first-order chi connectivity index (χ1) is 13.6. The highest BCUT2D eigenvalue weighted by molar-refractivity contribution is 7.17. The van der Waals surface area contributed by atoms with Crippen LogP contribution in [0.2, 0.25) is 0 Å². The Morgan fingerprint density at radius 1 is 1.25 bits per heavy atom. The summed E-state index contributed by atoms with van der Waals surface area (Å²) >= 11 is 1.18. The zero-order chi connectivity index (χ0) is 20.1. The van der Waals surface area contributed by atoms with Gasteiger partial charge in [0.1, 0.15) is 11.2 Å². The molecule has 1 aromatic carbocycles. The molecule has 0 saturated carbocycles. The predicted octanol–water partition coefficient (Wildman–Crippen LogP) is 3.18. The summed E-state index contributed by atoms with van der Waals surface area (Å²) in [4.78, 5) is 42.7. The van der Waals surface area contributed by atoms with Crippen molar-refractivity contribution in [1.82, 2.24) is 9.55 Å². The number of hydrogen-bond donors (Lipinski definition) is 0. The average Bonchev–Trinajstić information content (AvgIpc) is 3.15. The molecule has 2 heterocycles. The zero-order valence-corrected chi connectivity index (χ0v) is 16.4. The van der Waals surface area contributed by atoms with Crippen LogP contribution >= 0.6 is 11.3 Å². The molecule has 0 N–H and O–H groups in total. The van der Waals surface area contributed by atoms with Crippen LogP contribution in [0.1, 0.15) is 41.7 Å². The Morgan fingerprint density at radius 3 is 2.68 bits per heavy atom. The third kappa shape index (κ3) is 3.82. The third-order valence-corrected chi connectivity index (χ3v) is 5.17. The maximum Gasteiger partial charge on any atom is 0.339 e. The first-order valence-electron chi connectivity index (χ1n) is 8.86. The lowest BCUT2D eigenvalue weighted by Crippen LogP contribution is -2.32. The molecule has 3 aromatic rings. The normalized spacial score (nSPS) is 11.9. The summed E-state index contributed by atoms with van der Waals surface area (Å²) in [5.74, 6) is -1.16. The van der Waals surface area contributed by atoms with Gasteiger partial charge in [0.2, 0.25) is 0 Å². The van der Waals surface area contributed by atoms with Crippen LogP contribution in [0, 0.1) is 0 Å². The molecule has 1 atom stereocenters. The molecule has 0 saturated heterocycles. The highest BCUT2D eigenvalue weighted by atomic mass is 32.1. The molecule has 0 aliphatic rings. The Kier molecular flexibility index (Phi) is 6.20. The van der Waals surface area contributed by atoms with E-state index in [1.807, 2.05) is 13.0 Å². The van der Waals surface area contributed by atoms with E-state index in [0.717, 1.165) is 12.8 Å². The quantitative estimate of drug-likeness (QED) is 0.447. The van der Waals surface area contributed by atoms with E-state index in [1.54, 1.807) is 29.6 Å². The van der Waals surface area contributed by atoms with Gasteiger partial charge in [0, 0.05) is 5.38 Å². The lowest BCUT2D eigenvalue weighted by Gasteiger charge is -2.17. The van der Waals surface area contributed by atoms with Gasteiger partial charge in [-0.25, -0.2) is 14.6 Å². The minimum Gasteiger partial charge on any atom is -0.467 e. The van der Waals surface area contributed by atoms with Crippen molar-refractivity contribution in [1.29, 1.82) is 0 Å². The maximum atomic E-state index is 13.2. The van der Waals surface area contributed by atoms with Gasteiger partial charge < -0.3 is 9.47 Å². The molecule has 8 heteroatoms. The summed E-state index contributed by atoms with van der Waals surface area (Å²) in [7, 11) is 1.26. The van der Waals surface area contributed by atoms with Crippen LogP contribution in [0.3, 0.4) is 0 Å². The Labute approximate surface area is 165 Å². The number of hydrogen-bond acceptors (Lipinski definition) is 7. The molecule has 146 valence electrons. The number of carbonyl (C=O) groups excluding carboxylic acids is 2. The van der Waals surface area contributed by atoms with E-state index in [-0.39, 0.29) is 17.6 Å². The van der Waals surface area contributed by atoms with E-state index in [0.29, 0.717) is 10.4 Å². The molecule has 2 aromatic heterocycles. The number of aromatic nitrogens is 2. The standard InChI is InChI=1S/C20H20N2O5S/c1-3-4-10-27-19(24)14-11-28-17-15(14)18(23)22(12-21-17)16(20(25)26-2)13-8-6-5-7-9-13/h5-9,11-12,16H,3-4,10H2,1-2H3. The number of esters is 2. The predicted molar refractivity (Wildman–Crippen MR) is 106 cm³/mol. The lowest BCUT2D eigenvalue weighted by atomic mass is 10.1. The van der Waals surface area contributed by atoms with Crippen molar-refractivity contribution in [3.63, 3.8) is 0 Å². The number of fused-ring (bicyclic) bond motifs is 1. The smallest absolute Gasteiger partial charge is 0.339 e. The van der Waals surface area contributed by atoms with E-state index in [1.165, 1.54) is 29.3 Å². The number of ether oxygens (including phenoxy) is 2. The van der Waals surface area contributed by atoms with Gasteiger partial charge in [0.25, 0.3) is 5.56 Å². The second kappa shape index (κ2) is 8.79. The van der Waals surface area contributed by atoms with Crippen LogP contribution in [0.25, 0.3) is 10.2 Å². The van der Waals surface area contributed by atoms with Crippen molar-refractivity contribution in [2.75, 3.05) is 13.7 Å². The summed E-state index contributed by atoms with van der Waals surface area (Å²) in [6.07, 6.45) is 2.95. The van der Waals surface area contributed by atoms with Gasteiger partial charge in [-0.15, -0.1) is 11.3 Å². The van der Waals surface area contributed by atoms with Gasteiger partial charge in [-0.3, -0.25) is 9.36 Å². The first-order valence-corrected chi connectivity index (χ1v) is 9.74. The second-order valence-corrected chi connectivity index (χ2v) is 6.97. The van der Waals surface area contributed by atoms with Crippen LogP contribution < -0.4 is 5.56 Å². The molecule has 0 fully saturated rings. The molecule has 7 nitrogen and oxygen atoms in total. The summed E-state index contributed by atoms with van der Waals surface area (Å²) in [6, 6.07) is 7.80. The van der Waals surface area contributed by atoms with Crippen molar-refractivity contribution in [3.05, 3.63) is 63.5 Å². The maximum absolute atomic E-state index is 13.2. The number of unbranched alkanes of at least 4 members (excludes halogenated alkanes) is 1. The van der Waals surface area contributed by atoms with Crippen molar-refractivity contribution < 1.29 is 19.1 Å². The SMILES string of the molecule is CCCCOC(=O)c1csc2ncn(C(C(=O)OC)c3ccccc3)c(=O)c12. The Bertz CT molecular complexity index is 1040. The number of methoxy groups -OCH3 is 1. The summed E-state index contributed by atoms with van der Waals surface area (Å²) < 4.78 is 11.3. The Hall–Kier alpha value is -3.00. The average molecular weight is 400 g/mol. The fourth-order valence-electron chi connectivity index (χ4n) is 2.82. The van der Waals surface area contributed by atoms with Crippen LogP contribution in [-0.4, -0.2) is 35.2 Å². The van der Waals surface area contributed by atoms with Crippen LogP contribution in [0.4, 0.5) is 0 Å². The minimum atomic E-state index is -1.00. The number of benzene rings is 1. The van der Waals surface area contributed by atoms with Crippen LogP contribution in [0.15, 0.2) is 46.8 Å². The van der Waals surface area contributed by atoms with Gasteiger partial charge in [-0.1, -0.05) is 43.7 Å².